The van der Waals surface area contributed by atoms with Gasteiger partial charge >= 0.3 is 0 Å². The second kappa shape index (κ2) is 1.45. The molecule has 0 saturated heterocycles. The Kier molecular flexibility index (Phi) is 0.833. The molecule has 0 bridgehead atoms. The van der Waals surface area contributed by atoms with Crippen LogP contribution >= 0.6 is 0 Å². The van der Waals surface area contributed by atoms with Gasteiger partial charge in [0.05, 0.1) is 20.6 Å². The van der Waals surface area contributed by atoms with Gasteiger partial charge in [0.15, 0.2) is 0 Å². The summed E-state index contributed by atoms with van der Waals surface area (Å²) in [6.45, 7) is 2.01. The zero-order valence-corrected chi connectivity index (χ0v) is 5.87. The van der Waals surface area contributed by atoms with Gasteiger partial charge < -0.3 is 0 Å². The van der Waals surface area contributed by atoms with E-state index in [9.17, 15) is 4.21 Å². The van der Waals surface area contributed by atoms with Crippen LogP contribution in [-0.2, 0) is 10.8 Å². The van der Waals surface area contributed by atoms with Crippen molar-refractivity contribution in [3.63, 3.8) is 0 Å². The van der Waals surface area contributed by atoms with Crippen molar-refractivity contribution in [3.05, 3.63) is 23.8 Å². The van der Waals surface area contributed by atoms with Crippen LogP contribution in [-0.4, -0.2) is 4.21 Å². The first-order valence-corrected chi connectivity index (χ1v) is 3.96. The smallest absolute Gasteiger partial charge is 0.0874 e. The highest BCUT2D eigenvalue weighted by molar-refractivity contribution is 7.90. The SMILES string of the molecule is Cc1ccc2c(c1)S2=O. The third-order valence-corrected chi connectivity index (χ3v) is 2.75. The van der Waals surface area contributed by atoms with Crippen LogP contribution in [0, 0.1) is 6.92 Å². The van der Waals surface area contributed by atoms with Crippen LogP contribution in [0.4, 0.5) is 0 Å². The minimum Gasteiger partial charge on any atom is -0.249 e. The molecule has 1 aromatic rings. The van der Waals surface area contributed by atoms with Crippen LogP contribution in [0.2, 0.25) is 0 Å². The lowest BCUT2D eigenvalue weighted by molar-refractivity contribution is 0.693. The number of fused-ring (bicyclic) bond motifs is 1. The number of hydrogen-bond donors (Lipinski definition) is 0. The van der Waals surface area contributed by atoms with Crippen LogP contribution in [0.5, 0.6) is 0 Å². The van der Waals surface area contributed by atoms with Crippen molar-refractivity contribution in [2.24, 2.45) is 0 Å². The van der Waals surface area contributed by atoms with E-state index in [0.29, 0.717) is 0 Å². The summed E-state index contributed by atoms with van der Waals surface area (Å²) < 4.78 is 10.8. The third-order valence-electron chi connectivity index (χ3n) is 1.46. The lowest BCUT2D eigenvalue weighted by Crippen LogP contribution is -1.62. The Hall–Kier alpha value is -0.630. The second-order valence-electron chi connectivity index (χ2n) is 2.22. The van der Waals surface area contributed by atoms with Crippen LogP contribution < -0.4 is 0 Å². The minimum atomic E-state index is -0.725. The first-order chi connectivity index (χ1) is 4.29. The van der Waals surface area contributed by atoms with E-state index in [-0.39, 0.29) is 0 Å². The maximum Gasteiger partial charge on any atom is 0.0874 e. The van der Waals surface area contributed by atoms with Crippen molar-refractivity contribution in [1.82, 2.24) is 0 Å². The summed E-state index contributed by atoms with van der Waals surface area (Å²) in [6.07, 6.45) is 0. The van der Waals surface area contributed by atoms with Crippen LogP contribution in [0.25, 0.3) is 0 Å². The zero-order valence-electron chi connectivity index (χ0n) is 5.05. The molecule has 0 radical (unpaired) electrons. The Labute approximate surface area is 56.2 Å². The van der Waals surface area contributed by atoms with Crippen LogP contribution in [0.3, 0.4) is 0 Å². The summed E-state index contributed by atoms with van der Waals surface area (Å²) in [5, 5.41) is 0. The molecule has 1 aromatic carbocycles. The van der Waals surface area contributed by atoms with E-state index < -0.39 is 10.8 Å². The Morgan fingerprint density at radius 3 is 2.67 bits per heavy atom. The molecule has 1 heterocycles. The van der Waals surface area contributed by atoms with Gasteiger partial charge in [-0.3, -0.25) is 0 Å². The highest BCUT2D eigenvalue weighted by atomic mass is 32.2. The van der Waals surface area contributed by atoms with Gasteiger partial charge in [-0.2, -0.15) is 0 Å². The molecule has 0 aromatic heterocycles. The molecule has 9 heavy (non-hydrogen) atoms. The Morgan fingerprint density at radius 2 is 2.11 bits per heavy atom. The quantitative estimate of drug-likeness (QED) is 0.504. The zero-order chi connectivity index (χ0) is 6.43. The molecule has 0 N–H and O–H groups in total. The van der Waals surface area contributed by atoms with E-state index in [0.717, 1.165) is 9.79 Å². The Morgan fingerprint density at radius 1 is 1.33 bits per heavy atom. The normalized spacial score (nSPS) is 21.2. The average Bonchev–Trinajstić information content (AvgIpc) is 2.43. The molecule has 0 saturated carbocycles. The molecule has 1 atom stereocenters. The summed E-state index contributed by atoms with van der Waals surface area (Å²) in [6, 6.07) is 5.90. The monoisotopic (exact) mass is 138 g/mol. The van der Waals surface area contributed by atoms with E-state index >= 15 is 0 Å². The topological polar surface area (TPSA) is 17.1 Å². The number of aryl methyl sites for hydroxylation is 1. The van der Waals surface area contributed by atoms with Crippen LogP contribution in [0.1, 0.15) is 5.56 Å². The fourth-order valence-corrected chi connectivity index (χ4v) is 1.92. The first kappa shape index (κ1) is 5.18. The van der Waals surface area contributed by atoms with Gasteiger partial charge in [0.25, 0.3) is 0 Å². The lowest BCUT2D eigenvalue weighted by Gasteiger charge is -1.80. The third kappa shape index (κ3) is 0.630. The fourth-order valence-electron chi connectivity index (χ4n) is 0.889. The number of hydrogen-bond acceptors (Lipinski definition) is 1. The van der Waals surface area contributed by atoms with Crippen molar-refractivity contribution in [2.75, 3.05) is 0 Å². The summed E-state index contributed by atoms with van der Waals surface area (Å²) in [5.74, 6) is 0. The summed E-state index contributed by atoms with van der Waals surface area (Å²) in [7, 11) is -0.725. The van der Waals surface area contributed by atoms with E-state index in [2.05, 4.69) is 0 Å². The molecule has 0 aliphatic carbocycles. The lowest BCUT2D eigenvalue weighted by atomic mass is 10.2. The van der Waals surface area contributed by atoms with Crippen LogP contribution in [0.15, 0.2) is 28.0 Å². The predicted molar refractivity (Wildman–Crippen MR) is 35.9 cm³/mol. The Balaban J connectivity index is 2.66. The molecular formula is C7H6OS. The average molecular weight is 138 g/mol. The van der Waals surface area contributed by atoms with Crippen molar-refractivity contribution >= 4 is 10.8 Å². The highest BCUT2D eigenvalue weighted by Gasteiger charge is 2.27. The van der Waals surface area contributed by atoms with Gasteiger partial charge in [0.2, 0.25) is 0 Å². The molecule has 1 aliphatic rings. The fraction of sp³-hybridized carbons (Fsp3) is 0.143. The molecular weight excluding hydrogens is 132 g/mol. The molecule has 0 spiro atoms. The molecule has 2 heteroatoms. The minimum absolute atomic E-state index is 0.725. The van der Waals surface area contributed by atoms with E-state index in [1.807, 2.05) is 25.1 Å². The van der Waals surface area contributed by atoms with Gasteiger partial charge in [0, 0.05) is 0 Å². The summed E-state index contributed by atoms with van der Waals surface area (Å²) in [4.78, 5) is 2.04. The van der Waals surface area contributed by atoms with E-state index in [1.54, 1.807) is 0 Å². The molecule has 1 nitrogen and oxygen atoms in total. The maximum atomic E-state index is 10.8. The van der Waals surface area contributed by atoms with Crippen molar-refractivity contribution in [2.45, 2.75) is 16.7 Å². The standard InChI is InChI=1S/C7H6OS/c1-5-2-3-6-7(4-5)9(6)8/h2-4H,1H3. The van der Waals surface area contributed by atoms with E-state index in [4.69, 9.17) is 0 Å². The molecule has 46 valence electrons. The number of benzene rings is 1. The summed E-state index contributed by atoms with van der Waals surface area (Å²) in [5.41, 5.74) is 1.19. The predicted octanol–water partition coefficient (Wildman–Crippen LogP) is 1.48. The van der Waals surface area contributed by atoms with E-state index in [1.165, 1.54) is 5.56 Å². The van der Waals surface area contributed by atoms with Gasteiger partial charge in [-0.05, 0) is 24.6 Å². The summed E-state index contributed by atoms with van der Waals surface area (Å²) >= 11 is 0. The molecule has 0 fully saturated rings. The molecule has 1 aliphatic heterocycles. The number of rotatable bonds is 0. The van der Waals surface area contributed by atoms with Gasteiger partial charge in [-0.25, -0.2) is 4.21 Å². The molecule has 1 unspecified atom stereocenters. The van der Waals surface area contributed by atoms with Gasteiger partial charge in [0.1, 0.15) is 0 Å². The van der Waals surface area contributed by atoms with Crippen molar-refractivity contribution in [1.29, 1.82) is 0 Å². The van der Waals surface area contributed by atoms with Crippen molar-refractivity contribution < 1.29 is 4.21 Å². The Bertz CT molecular complexity index is 291. The molecule has 2 rings (SSSR count). The largest absolute Gasteiger partial charge is 0.249 e. The maximum absolute atomic E-state index is 10.8. The second-order valence-corrected chi connectivity index (χ2v) is 3.64. The van der Waals surface area contributed by atoms with Gasteiger partial charge in [-0.1, -0.05) is 6.07 Å². The van der Waals surface area contributed by atoms with Crippen molar-refractivity contribution in [3.8, 4) is 0 Å². The van der Waals surface area contributed by atoms with Gasteiger partial charge in [-0.15, -0.1) is 0 Å². The highest BCUT2D eigenvalue weighted by Crippen LogP contribution is 2.35. The molecule has 0 amide bonds. The first-order valence-electron chi connectivity index (χ1n) is 2.81.